The second-order valence-electron chi connectivity index (χ2n) is 3.27. The number of halogens is 1. The van der Waals surface area contributed by atoms with Crippen molar-refractivity contribution in [2.24, 2.45) is 0 Å². The fourth-order valence-electron chi connectivity index (χ4n) is 1.39. The molecule has 0 heterocycles. The maximum Gasteiger partial charge on any atom is 0.124 e. The van der Waals surface area contributed by atoms with E-state index >= 15 is 0 Å². The normalized spacial score (nSPS) is 9.44. The van der Waals surface area contributed by atoms with Gasteiger partial charge in [-0.2, -0.15) is 0 Å². The quantitative estimate of drug-likeness (QED) is 0.628. The number of nitrogens with one attached hydrogen (secondary N) is 1. The SMILES string of the molecule is CC#CCCNCc1c(Cl)cccc1OC. The Hall–Kier alpha value is -1.17. The average Bonchev–Trinajstić information content (AvgIpc) is 2.30. The van der Waals surface area contributed by atoms with Gasteiger partial charge in [0.15, 0.2) is 0 Å². The number of hydrogen-bond acceptors (Lipinski definition) is 2. The minimum atomic E-state index is 0.703. The first-order valence-corrected chi connectivity index (χ1v) is 5.59. The van der Waals surface area contributed by atoms with Crippen molar-refractivity contribution in [2.45, 2.75) is 19.9 Å². The number of methoxy groups -OCH3 is 1. The van der Waals surface area contributed by atoms with Crippen LogP contribution in [0.3, 0.4) is 0 Å². The lowest BCUT2D eigenvalue weighted by Crippen LogP contribution is -2.15. The van der Waals surface area contributed by atoms with Crippen molar-refractivity contribution >= 4 is 11.6 Å². The zero-order valence-electron chi connectivity index (χ0n) is 9.64. The fraction of sp³-hybridized carbons (Fsp3) is 0.385. The minimum Gasteiger partial charge on any atom is -0.496 e. The summed E-state index contributed by atoms with van der Waals surface area (Å²) in [5, 5.41) is 4.02. The van der Waals surface area contributed by atoms with Crippen LogP contribution in [0, 0.1) is 11.8 Å². The molecule has 0 aromatic heterocycles. The molecule has 0 amide bonds. The van der Waals surface area contributed by atoms with E-state index in [0.717, 1.165) is 29.3 Å². The molecule has 0 aliphatic rings. The first-order chi connectivity index (χ1) is 7.79. The fourth-order valence-corrected chi connectivity index (χ4v) is 1.62. The smallest absolute Gasteiger partial charge is 0.124 e. The number of benzene rings is 1. The number of rotatable bonds is 5. The average molecular weight is 238 g/mol. The monoisotopic (exact) mass is 237 g/mol. The van der Waals surface area contributed by atoms with E-state index in [1.54, 1.807) is 7.11 Å². The molecule has 1 aromatic carbocycles. The van der Waals surface area contributed by atoms with E-state index in [-0.39, 0.29) is 0 Å². The van der Waals surface area contributed by atoms with E-state index in [4.69, 9.17) is 16.3 Å². The van der Waals surface area contributed by atoms with Crippen molar-refractivity contribution < 1.29 is 4.74 Å². The summed E-state index contributed by atoms with van der Waals surface area (Å²) < 4.78 is 5.25. The molecule has 0 aliphatic heterocycles. The van der Waals surface area contributed by atoms with Gasteiger partial charge in [0, 0.05) is 30.1 Å². The van der Waals surface area contributed by atoms with Gasteiger partial charge < -0.3 is 10.1 Å². The molecule has 0 fully saturated rings. The Labute approximate surface area is 102 Å². The van der Waals surface area contributed by atoms with Crippen molar-refractivity contribution in [3.8, 4) is 17.6 Å². The highest BCUT2D eigenvalue weighted by Crippen LogP contribution is 2.25. The zero-order valence-corrected chi connectivity index (χ0v) is 10.4. The third-order valence-electron chi connectivity index (χ3n) is 2.20. The van der Waals surface area contributed by atoms with Gasteiger partial charge in [0.2, 0.25) is 0 Å². The lowest BCUT2D eigenvalue weighted by atomic mass is 10.2. The van der Waals surface area contributed by atoms with Crippen LogP contribution in [-0.4, -0.2) is 13.7 Å². The van der Waals surface area contributed by atoms with E-state index in [2.05, 4.69) is 17.2 Å². The summed E-state index contributed by atoms with van der Waals surface area (Å²) in [6, 6.07) is 5.66. The van der Waals surface area contributed by atoms with E-state index in [0.29, 0.717) is 6.54 Å². The minimum absolute atomic E-state index is 0.703. The molecule has 0 spiro atoms. The molecule has 0 bridgehead atoms. The van der Waals surface area contributed by atoms with Crippen LogP contribution in [0.1, 0.15) is 18.9 Å². The topological polar surface area (TPSA) is 21.3 Å². The first-order valence-electron chi connectivity index (χ1n) is 5.21. The van der Waals surface area contributed by atoms with Gasteiger partial charge in [0.1, 0.15) is 5.75 Å². The molecular formula is C13H16ClNO. The van der Waals surface area contributed by atoms with Gasteiger partial charge in [0.25, 0.3) is 0 Å². The van der Waals surface area contributed by atoms with E-state index in [1.165, 1.54) is 0 Å². The molecule has 0 radical (unpaired) electrons. The molecule has 2 nitrogen and oxygen atoms in total. The van der Waals surface area contributed by atoms with Crippen LogP contribution in [0.15, 0.2) is 18.2 Å². The van der Waals surface area contributed by atoms with Crippen LogP contribution in [0.5, 0.6) is 5.75 Å². The molecule has 86 valence electrons. The summed E-state index contributed by atoms with van der Waals surface area (Å²) in [5.74, 6) is 6.68. The summed E-state index contributed by atoms with van der Waals surface area (Å²) in [6.07, 6.45) is 0.850. The highest BCUT2D eigenvalue weighted by Gasteiger charge is 2.06. The predicted octanol–water partition coefficient (Wildman–Crippen LogP) is 2.85. The van der Waals surface area contributed by atoms with Crippen molar-refractivity contribution in [3.63, 3.8) is 0 Å². The van der Waals surface area contributed by atoms with E-state index in [9.17, 15) is 0 Å². The van der Waals surface area contributed by atoms with Crippen LogP contribution in [0.4, 0.5) is 0 Å². The van der Waals surface area contributed by atoms with Crippen LogP contribution in [0.2, 0.25) is 5.02 Å². The summed E-state index contributed by atoms with van der Waals surface area (Å²) in [4.78, 5) is 0. The molecule has 3 heteroatoms. The molecule has 0 atom stereocenters. The first kappa shape index (κ1) is 12.9. The summed E-state index contributed by atoms with van der Waals surface area (Å²) >= 11 is 6.10. The molecular weight excluding hydrogens is 222 g/mol. The second-order valence-corrected chi connectivity index (χ2v) is 3.68. The van der Waals surface area contributed by atoms with Gasteiger partial charge in [-0.1, -0.05) is 17.7 Å². The third kappa shape index (κ3) is 3.77. The molecule has 0 unspecified atom stereocenters. The Morgan fingerprint density at radius 1 is 1.44 bits per heavy atom. The summed E-state index contributed by atoms with van der Waals surface area (Å²) in [7, 11) is 1.65. The van der Waals surface area contributed by atoms with E-state index < -0.39 is 0 Å². The molecule has 0 saturated carbocycles. The zero-order chi connectivity index (χ0) is 11.8. The van der Waals surface area contributed by atoms with Gasteiger partial charge in [-0.25, -0.2) is 0 Å². The second kappa shape index (κ2) is 7.16. The van der Waals surface area contributed by atoms with Crippen LogP contribution >= 0.6 is 11.6 Å². The van der Waals surface area contributed by atoms with Gasteiger partial charge in [-0.05, 0) is 19.1 Å². The maximum absolute atomic E-state index is 6.10. The van der Waals surface area contributed by atoms with Gasteiger partial charge in [-0.3, -0.25) is 0 Å². The van der Waals surface area contributed by atoms with Crippen LogP contribution in [-0.2, 0) is 6.54 Å². The Balaban J connectivity index is 2.54. The highest BCUT2D eigenvalue weighted by atomic mass is 35.5. The Kier molecular flexibility index (Phi) is 5.77. The summed E-state index contributed by atoms with van der Waals surface area (Å²) in [5.41, 5.74) is 0.996. The number of hydrogen-bond donors (Lipinski definition) is 1. The van der Waals surface area contributed by atoms with Crippen molar-refractivity contribution in [1.82, 2.24) is 5.32 Å². The van der Waals surface area contributed by atoms with Gasteiger partial charge in [0.05, 0.1) is 7.11 Å². The Bertz CT molecular complexity index is 393. The Morgan fingerprint density at radius 2 is 2.25 bits per heavy atom. The van der Waals surface area contributed by atoms with Crippen molar-refractivity contribution in [3.05, 3.63) is 28.8 Å². The Morgan fingerprint density at radius 3 is 2.94 bits per heavy atom. The van der Waals surface area contributed by atoms with Crippen LogP contribution < -0.4 is 10.1 Å². The van der Waals surface area contributed by atoms with Gasteiger partial charge >= 0.3 is 0 Å². The maximum atomic E-state index is 6.10. The molecule has 1 N–H and O–H groups in total. The van der Waals surface area contributed by atoms with Gasteiger partial charge in [-0.15, -0.1) is 11.8 Å². The molecule has 1 aromatic rings. The van der Waals surface area contributed by atoms with Crippen LogP contribution in [0.25, 0.3) is 0 Å². The molecule has 1 rings (SSSR count). The summed E-state index contributed by atoms with van der Waals surface area (Å²) in [6.45, 7) is 3.40. The highest BCUT2D eigenvalue weighted by molar-refractivity contribution is 6.31. The standard InChI is InChI=1S/C13H16ClNO/c1-3-4-5-9-15-10-11-12(14)7-6-8-13(11)16-2/h6-8,15H,5,9-10H2,1-2H3. The predicted molar refractivity (Wildman–Crippen MR) is 67.8 cm³/mol. The van der Waals surface area contributed by atoms with Crippen molar-refractivity contribution in [1.29, 1.82) is 0 Å². The molecule has 0 aliphatic carbocycles. The van der Waals surface area contributed by atoms with Crippen molar-refractivity contribution in [2.75, 3.05) is 13.7 Å². The van der Waals surface area contributed by atoms with E-state index in [1.807, 2.05) is 25.1 Å². The third-order valence-corrected chi connectivity index (χ3v) is 2.56. The number of ether oxygens (including phenoxy) is 1. The lowest BCUT2D eigenvalue weighted by Gasteiger charge is -2.10. The molecule has 0 saturated heterocycles. The largest absolute Gasteiger partial charge is 0.496 e. The lowest BCUT2D eigenvalue weighted by molar-refractivity contribution is 0.408. The molecule has 16 heavy (non-hydrogen) atoms.